The molecule has 1 nitrogen and oxygen atoms in total. The fraction of sp³-hybridized carbons (Fsp3) is 0.333. The Hall–Kier alpha value is -1.24. The van der Waals surface area contributed by atoms with Crippen molar-refractivity contribution in [2.45, 2.75) is 26.2 Å². The Morgan fingerprint density at radius 2 is 1.85 bits per heavy atom. The molecule has 0 bridgehead atoms. The summed E-state index contributed by atoms with van der Waals surface area (Å²) in [5, 5.41) is 0. The van der Waals surface area contributed by atoms with E-state index in [0.717, 1.165) is 12.1 Å². The van der Waals surface area contributed by atoms with Gasteiger partial charge in [0.2, 0.25) is 0 Å². The molecule has 0 aromatic heterocycles. The molecule has 1 rings (SSSR count). The first kappa shape index (κ1) is 9.85. The molecule has 0 aliphatic rings. The first-order chi connectivity index (χ1) is 6.09. The molecule has 0 heterocycles. The third-order valence-electron chi connectivity index (χ3n) is 2.08. The van der Waals surface area contributed by atoms with Crippen LogP contribution < -0.4 is 5.73 Å². The molecule has 0 fully saturated rings. The van der Waals surface area contributed by atoms with Gasteiger partial charge >= 0.3 is 0 Å². The third kappa shape index (κ3) is 2.94. The summed E-state index contributed by atoms with van der Waals surface area (Å²) in [4.78, 5) is 0. The highest BCUT2D eigenvalue weighted by molar-refractivity contribution is 5.26. The van der Waals surface area contributed by atoms with E-state index >= 15 is 0 Å². The topological polar surface area (TPSA) is 26.0 Å². The first-order valence-corrected chi connectivity index (χ1v) is 4.61. The third-order valence-corrected chi connectivity index (χ3v) is 2.08. The van der Waals surface area contributed by atoms with Crippen molar-refractivity contribution in [3.8, 4) is 0 Å². The van der Waals surface area contributed by atoms with Crippen LogP contribution in [0.1, 0.15) is 30.9 Å². The van der Waals surface area contributed by atoms with Crippen LogP contribution in [0.5, 0.6) is 0 Å². The first-order valence-electron chi connectivity index (χ1n) is 4.61. The number of hydrogen-bond acceptors (Lipinski definition) is 1. The summed E-state index contributed by atoms with van der Waals surface area (Å²) in [5.74, 6) is 0.593. The molecule has 1 heteroatoms. The van der Waals surface area contributed by atoms with Crippen LogP contribution in [0.15, 0.2) is 36.5 Å². The molecule has 1 aromatic carbocycles. The van der Waals surface area contributed by atoms with Gasteiger partial charge in [0.25, 0.3) is 0 Å². The highest BCUT2D eigenvalue weighted by Gasteiger charge is 1.98. The Morgan fingerprint density at radius 3 is 2.23 bits per heavy atom. The quantitative estimate of drug-likeness (QED) is 0.751. The van der Waals surface area contributed by atoms with E-state index < -0.39 is 0 Å². The summed E-state index contributed by atoms with van der Waals surface area (Å²) in [7, 11) is 0. The highest BCUT2D eigenvalue weighted by Crippen LogP contribution is 2.15. The van der Waals surface area contributed by atoms with Crippen LogP contribution in [-0.2, 0) is 6.42 Å². The van der Waals surface area contributed by atoms with E-state index in [1.165, 1.54) is 11.1 Å². The van der Waals surface area contributed by atoms with E-state index in [2.05, 4.69) is 44.7 Å². The second-order valence-electron chi connectivity index (χ2n) is 3.73. The van der Waals surface area contributed by atoms with Crippen molar-refractivity contribution in [3.63, 3.8) is 0 Å². The van der Waals surface area contributed by atoms with Gasteiger partial charge in [0.05, 0.1) is 0 Å². The maximum absolute atomic E-state index is 5.53. The molecule has 0 spiro atoms. The van der Waals surface area contributed by atoms with Crippen LogP contribution >= 0.6 is 0 Å². The molecule has 0 unspecified atom stereocenters. The maximum Gasteiger partial charge on any atom is 0.0115 e. The summed E-state index contributed by atoms with van der Waals surface area (Å²) in [6, 6.07) is 8.55. The van der Waals surface area contributed by atoms with Crippen molar-refractivity contribution in [2.24, 2.45) is 5.73 Å². The van der Waals surface area contributed by atoms with Gasteiger partial charge < -0.3 is 5.73 Å². The van der Waals surface area contributed by atoms with Crippen molar-refractivity contribution < 1.29 is 0 Å². The Kier molecular flexibility index (Phi) is 3.13. The van der Waals surface area contributed by atoms with Crippen LogP contribution in [-0.4, -0.2) is 0 Å². The highest BCUT2D eigenvalue weighted by atomic mass is 14.6. The van der Waals surface area contributed by atoms with E-state index in [9.17, 15) is 0 Å². The van der Waals surface area contributed by atoms with Gasteiger partial charge in [-0.3, -0.25) is 0 Å². The lowest BCUT2D eigenvalue weighted by Crippen LogP contribution is -1.99. The summed E-state index contributed by atoms with van der Waals surface area (Å²) in [6.07, 6.45) is 0.776. The zero-order valence-corrected chi connectivity index (χ0v) is 8.38. The minimum Gasteiger partial charge on any atom is -0.402 e. The van der Waals surface area contributed by atoms with Crippen LogP contribution in [0.25, 0.3) is 0 Å². The number of hydrogen-bond donors (Lipinski definition) is 1. The van der Waals surface area contributed by atoms with Crippen molar-refractivity contribution in [1.29, 1.82) is 0 Å². The predicted octanol–water partition coefficient (Wildman–Crippen LogP) is 2.82. The lowest BCUT2D eigenvalue weighted by molar-refractivity contribution is 0.865. The Balaban J connectivity index is 2.75. The van der Waals surface area contributed by atoms with Crippen molar-refractivity contribution in [3.05, 3.63) is 47.7 Å². The largest absolute Gasteiger partial charge is 0.402 e. The Bertz CT molecular complexity index is 282. The molecule has 0 aliphatic carbocycles. The number of rotatable bonds is 3. The van der Waals surface area contributed by atoms with Crippen molar-refractivity contribution >= 4 is 0 Å². The number of benzene rings is 1. The molecule has 0 saturated carbocycles. The lowest BCUT2D eigenvalue weighted by atomic mass is 10.0. The lowest BCUT2D eigenvalue weighted by Gasteiger charge is -2.06. The molecule has 70 valence electrons. The van der Waals surface area contributed by atoms with Gasteiger partial charge in [-0.05, 0) is 17.0 Å². The number of allylic oxidation sites excluding steroid dienone is 1. The van der Waals surface area contributed by atoms with Gasteiger partial charge in [-0.15, -0.1) is 0 Å². The number of nitrogens with two attached hydrogens (primary N) is 1. The molecule has 2 N–H and O–H groups in total. The summed E-state index contributed by atoms with van der Waals surface area (Å²) >= 11 is 0. The van der Waals surface area contributed by atoms with Gasteiger partial charge in [0.1, 0.15) is 0 Å². The minimum absolute atomic E-state index is 0.593. The predicted molar refractivity (Wildman–Crippen MR) is 57.6 cm³/mol. The molecular weight excluding hydrogens is 158 g/mol. The van der Waals surface area contributed by atoms with Crippen LogP contribution in [0.4, 0.5) is 0 Å². The van der Waals surface area contributed by atoms with Crippen LogP contribution in [0.3, 0.4) is 0 Å². The zero-order valence-electron chi connectivity index (χ0n) is 8.38. The standard InChI is InChI=1S/C12H17N/c1-9(2)12-6-4-11(5-7-12)8-10(3)13/h4-7,9H,3,8,13H2,1-2H3. The van der Waals surface area contributed by atoms with Gasteiger partial charge in [0.15, 0.2) is 0 Å². The minimum atomic E-state index is 0.593. The second-order valence-corrected chi connectivity index (χ2v) is 3.73. The molecular formula is C12H17N. The molecule has 0 atom stereocenters. The van der Waals surface area contributed by atoms with Crippen LogP contribution in [0.2, 0.25) is 0 Å². The fourth-order valence-electron chi connectivity index (χ4n) is 1.28. The van der Waals surface area contributed by atoms with Gasteiger partial charge in [-0.1, -0.05) is 44.7 Å². The van der Waals surface area contributed by atoms with E-state index in [-0.39, 0.29) is 0 Å². The molecule has 0 radical (unpaired) electrons. The summed E-state index contributed by atoms with van der Waals surface area (Å²) in [5.41, 5.74) is 8.85. The van der Waals surface area contributed by atoms with E-state index in [4.69, 9.17) is 5.73 Å². The Morgan fingerprint density at radius 1 is 1.31 bits per heavy atom. The van der Waals surface area contributed by atoms with Crippen molar-refractivity contribution in [2.75, 3.05) is 0 Å². The monoisotopic (exact) mass is 175 g/mol. The normalized spacial score (nSPS) is 10.4. The zero-order chi connectivity index (χ0) is 9.84. The summed E-state index contributed by atoms with van der Waals surface area (Å²) < 4.78 is 0. The molecule has 0 amide bonds. The van der Waals surface area contributed by atoms with Crippen molar-refractivity contribution in [1.82, 2.24) is 0 Å². The fourth-order valence-corrected chi connectivity index (χ4v) is 1.28. The van der Waals surface area contributed by atoms with E-state index in [0.29, 0.717) is 5.92 Å². The van der Waals surface area contributed by atoms with Gasteiger partial charge in [-0.2, -0.15) is 0 Å². The average molecular weight is 175 g/mol. The van der Waals surface area contributed by atoms with E-state index in [1.54, 1.807) is 0 Å². The molecule has 0 saturated heterocycles. The average Bonchev–Trinajstić information content (AvgIpc) is 2.04. The van der Waals surface area contributed by atoms with Gasteiger partial charge in [-0.25, -0.2) is 0 Å². The smallest absolute Gasteiger partial charge is 0.0115 e. The second kappa shape index (κ2) is 4.13. The summed E-state index contributed by atoms with van der Waals surface area (Å²) in [6.45, 7) is 8.07. The van der Waals surface area contributed by atoms with Crippen LogP contribution in [0, 0.1) is 0 Å². The molecule has 0 aliphatic heterocycles. The Labute approximate surface area is 80.3 Å². The maximum atomic E-state index is 5.53. The van der Waals surface area contributed by atoms with Gasteiger partial charge in [0, 0.05) is 12.1 Å². The SMILES string of the molecule is C=C(N)Cc1ccc(C(C)C)cc1. The molecule has 1 aromatic rings. The molecule has 13 heavy (non-hydrogen) atoms. The van der Waals surface area contributed by atoms with E-state index in [1.807, 2.05) is 0 Å².